The second-order valence-corrected chi connectivity index (χ2v) is 19.0. The van der Waals surface area contributed by atoms with Gasteiger partial charge in [0.05, 0.1) is 25.4 Å². The molecule has 1 rings (SSSR count). The van der Waals surface area contributed by atoms with Gasteiger partial charge in [0, 0.05) is 6.42 Å². The number of hydrogen-bond donors (Lipinski definition) is 6. The highest BCUT2D eigenvalue weighted by atomic mass is 16.7. The van der Waals surface area contributed by atoms with Gasteiger partial charge >= 0.3 is 5.97 Å². The molecule has 1 saturated heterocycles. The number of rotatable bonds is 45. The molecule has 0 aromatic heterocycles. The van der Waals surface area contributed by atoms with E-state index in [2.05, 4.69) is 86.8 Å². The van der Waals surface area contributed by atoms with Gasteiger partial charge in [-0.2, -0.15) is 0 Å². The highest BCUT2D eigenvalue weighted by Gasteiger charge is 2.47. The van der Waals surface area contributed by atoms with E-state index in [1.54, 1.807) is 6.08 Å². The molecule has 1 amide bonds. The summed E-state index contributed by atoms with van der Waals surface area (Å²) >= 11 is 0. The molecule has 0 radical (unpaired) electrons. The lowest BCUT2D eigenvalue weighted by Gasteiger charge is -2.41. The van der Waals surface area contributed by atoms with Gasteiger partial charge in [-0.15, -0.1) is 0 Å². The summed E-state index contributed by atoms with van der Waals surface area (Å²) in [6, 6.07) is -1.06. The molecule has 1 aliphatic heterocycles. The van der Waals surface area contributed by atoms with Crippen LogP contribution in [0.15, 0.2) is 122 Å². The summed E-state index contributed by atoms with van der Waals surface area (Å²) in [5, 5.41) is 56.8. The van der Waals surface area contributed by atoms with E-state index in [0.717, 1.165) is 89.9 Å². The molecule has 11 nitrogen and oxygen atoms in total. The lowest BCUT2D eigenvalue weighted by molar-refractivity contribution is -0.305. The molecule has 0 bridgehead atoms. The zero-order valence-corrected chi connectivity index (χ0v) is 45.4. The van der Waals surface area contributed by atoms with Crippen LogP contribution < -0.4 is 5.32 Å². The summed E-state index contributed by atoms with van der Waals surface area (Å²) in [6.07, 6.45) is 56.7. The van der Waals surface area contributed by atoms with Crippen molar-refractivity contribution in [1.82, 2.24) is 5.32 Å². The smallest absolute Gasteiger partial charge is 0.306 e. The van der Waals surface area contributed by atoms with E-state index in [1.807, 2.05) is 54.7 Å². The molecule has 1 heterocycles. The summed E-state index contributed by atoms with van der Waals surface area (Å²) in [7, 11) is 0. The van der Waals surface area contributed by atoms with Crippen LogP contribution in [-0.4, -0.2) is 99.6 Å². The number of aliphatic hydroxyl groups is 5. The molecule has 6 N–H and O–H groups in total. The normalized spacial score (nSPS) is 20.4. The molecule has 0 aromatic rings. The summed E-state index contributed by atoms with van der Waals surface area (Å²) < 4.78 is 17.5. The largest absolute Gasteiger partial charge is 0.454 e. The van der Waals surface area contributed by atoms with Crippen molar-refractivity contribution >= 4 is 11.9 Å². The minimum atomic E-state index is -1.65. The Hall–Kier alpha value is -3.94. The van der Waals surface area contributed by atoms with Gasteiger partial charge in [0.2, 0.25) is 5.91 Å². The topological polar surface area (TPSA) is 175 Å². The predicted octanol–water partition coefficient (Wildman–Crippen LogP) is 12.7. The van der Waals surface area contributed by atoms with Crippen LogP contribution in [0.2, 0.25) is 0 Å². The number of carbonyl (C=O) groups is 2. The van der Waals surface area contributed by atoms with Gasteiger partial charge in [-0.05, 0) is 83.5 Å². The number of hydrogen-bond acceptors (Lipinski definition) is 10. The summed E-state index contributed by atoms with van der Waals surface area (Å²) in [5.74, 6) is -1.29. The number of nitrogens with one attached hydrogen (secondary N) is 1. The zero-order valence-electron chi connectivity index (χ0n) is 45.4. The van der Waals surface area contributed by atoms with Crippen molar-refractivity contribution < 1.29 is 49.3 Å². The monoisotopic (exact) mass is 1020 g/mol. The van der Waals surface area contributed by atoms with Crippen molar-refractivity contribution in [1.29, 1.82) is 0 Å². The van der Waals surface area contributed by atoms with Crippen molar-refractivity contribution in [3.63, 3.8) is 0 Å². The van der Waals surface area contributed by atoms with Crippen molar-refractivity contribution in [3.05, 3.63) is 122 Å². The molecule has 73 heavy (non-hydrogen) atoms. The highest BCUT2D eigenvalue weighted by molar-refractivity contribution is 5.80. The second kappa shape index (κ2) is 49.0. The number of unbranched alkanes of at least 4 members (excludes halogenated alkanes) is 16. The number of esters is 1. The van der Waals surface area contributed by atoms with Crippen molar-refractivity contribution in [2.75, 3.05) is 13.2 Å². The van der Waals surface area contributed by atoms with Gasteiger partial charge in [0.25, 0.3) is 0 Å². The Kier molecular flexibility index (Phi) is 45.0. The molecule has 0 aromatic carbocycles. The lowest BCUT2D eigenvalue weighted by Crippen LogP contribution is -2.61. The van der Waals surface area contributed by atoms with Crippen molar-refractivity contribution in [2.24, 2.45) is 0 Å². The van der Waals surface area contributed by atoms with Gasteiger partial charge in [-0.3, -0.25) is 9.59 Å². The maximum absolute atomic E-state index is 13.4. The van der Waals surface area contributed by atoms with Crippen LogP contribution in [0.5, 0.6) is 0 Å². The minimum Gasteiger partial charge on any atom is -0.454 e. The average molecular weight is 1020 g/mol. The Balaban J connectivity index is 2.81. The summed E-state index contributed by atoms with van der Waals surface area (Å²) in [6.45, 7) is 5.46. The molecule has 8 unspecified atom stereocenters. The first kappa shape index (κ1) is 67.1. The predicted molar refractivity (Wildman–Crippen MR) is 301 cm³/mol. The fraction of sp³-hybridized carbons (Fsp3) is 0.645. The van der Waals surface area contributed by atoms with Crippen LogP contribution >= 0.6 is 0 Å². The first-order chi connectivity index (χ1) is 35.7. The Morgan fingerprint density at radius 1 is 0.562 bits per heavy atom. The summed E-state index contributed by atoms with van der Waals surface area (Å²) in [4.78, 5) is 26.4. The van der Waals surface area contributed by atoms with Gasteiger partial charge in [0.15, 0.2) is 12.4 Å². The van der Waals surface area contributed by atoms with Gasteiger partial charge in [-0.1, -0.05) is 226 Å². The Bertz CT molecular complexity index is 1640. The first-order valence-corrected chi connectivity index (χ1v) is 28.4. The average Bonchev–Trinajstić information content (AvgIpc) is 3.39. The first-order valence-electron chi connectivity index (χ1n) is 28.4. The van der Waals surface area contributed by atoms with Crippen LogP contribution in [0.25, 0.3) is 0 Å². The fourth-order valence-corrected chi connectivity index (χ4v) is 7.99. The van der Waals surface area contributed by atoms with Crippen molar-refractivity contribution in [3.8, 4) is 0 Å². The molecular weight excluding hydrogens is 919 g/mol. The molecule has 0 spiro atoms. The Labute approximate surface area is 442 Å². The Morgan fingerprint density at radius 3 is 1.63 bits per heavy atom. The minimum absolute atomic E-state index is 0.0350. The number of carbonyl (C=O) groups excluding carboxylic acids is 2. The van der Waals surface area contributed by atoms with E-state index in [9.17, 15) is 35.1 Å². The van der Waals surface area contributed by atoms with E-state index in [1.165, 1.54) is 51.4 Å². The number of ether oxygens (including phenoxy) is 3. The van der Waals surface area contributed by atoms with Gasteiger partial charge in [0.1, 0.15) is 24.4 Å². The van der Waals surface area contributed by atoms with Crippen LogP contribution in [-0.2, 0) is 23.8 Å². The van der Waals surface area contributed by atoms with E-state index >= 15 is 0 Å². The van der Waals surface area contributed by atoms with E-state index in [0.29, 0.717) is 19.3 Å². The fourth-order valence-electron chi connectivity index (χ4n) is 7.99. The third-order valence-electron chi connectivity index (χ3n) is 12.5. The van der Waals surface area contributed by atoms with E-state index < -0.39 is 67.4 Å². The maximum Gasteiger partial charge on any atom is 0.306 e. The molecular formula is C62H101NO10. The number of amides is 1. The molecule has 0 aliphatic carbocycles. The number of allylic oxidation sites excluding steroid dienone is 19. The van der Waals surface area contributed by atoms with Crippen molar-refractivity contribution in [2.45, 2.75) is 243 Å². The van der Waals surface area contributed by atoms with E-state index in [-0.39, 0.29) is 19.4 Å². The third kappa shape index (κ3) is 37.4. The van der Waals surface area contributed by atoms with Crippen LogP contribution in [0.4, 0.5) is 0 Å². The molecule has 11 heteroatoms. The van der Waals surface area contributed by atoms with E-state index in [4.69, 9.17) is 14.2 Å². The molecule has 414 valence electrons. The second-order valence-electron chi connectivity index (χ2n) is 19.0. The molecule has 0 saturated carbocycles. The van der Waals surface area contributed by atoms with Crippen LogP contribution in [0, 0.1) is 0 Å². The van der Waals surface area contributed by atoms with Gasteiger partial charge in [-0.25, -0.2) is 0 Å². The maximum atomic E-state index is 13.4. The number of aliphatic hydroxyl groups excluding tert-OH is 5. The quantitative estimate of drug-likeness (QED) is 0.0149. The zero-order chi connectivity index (χ0) is 53.3. The molecule has 1 aliphatic rings. The van der Waals surface area contributed by atoms with Gasteiger partial charge < -0.3 is 45.1 Å². The highest BCUT2D eigenvalue weighted by Crippen LogP contribution is 2.26. The summed E-state index contributed by atoms with van der Waals surface area (Å²) in [5.41, 5.74) is 0. The van der Waals surface area contributed by atoms with Crippen LogP contribution in [0.1, 0.15) is 194 Å². The third-order valence-corrected chi connectivity index (χ3v) is 12.5. The Morgan fingerprint density at radius 2 is 1.05 bits per heavy atom. The SMILES string of the molecule is CC/C=C\C/C=C\C/C=C\C/C=C\C/C=C\CCCC(=O)OC1C(OCC(NC(=O)C(O)CCCCCC\C=C/C=C/C=C/C=C/CC)C(O)/C=C/CCCCCCCCCCCCC)OC(CO)C(O)C1O. The molecule has 1 fully saturated rings. The standard InChI is InChI=1S/C62H101NO10/c1-4-7-10-13-16-19-22-25-27-28-29-32-35-38-41-44-47-50-57(67)73-60-59(69)58(68)56(51-64)72-62(60)71-52-53(54(65)48-45-42-39-36-33-30-24-21-18-15-12-9-6-3)63-61(70)55(66)49-46-43-40-37-34-31-26-23-20-17-14-11-8-5-2/h7-8,10-11,14,16-17,19-20,23,25-27,29,31-32,38,41,45,48,53-56,58-60,62,64-66,68-69H,4-6,9,12-13,15,18,21-22,24,28,30,33-37,39-40,42-44,46-47,49-52H2,1-3H3,(H,63,70)/b10-7-,11-8+,17-14+,19-16-,23-20+,27-25-,31-26-,32-29-,41-38-,48-45+. The molecule has 8 atom stereocenters. The van der Waals surface area contributed by atoms with Crippen LogP contribution in [0.3, 0.4) is 0 Å². The lowest BCUT2D eigenvalue weighted by atomic mass is 9.99.